The lowest BCUT2D eigenvalue weighted by atomic mass is 9.78. The Labute approximate surface area is 173 Å². The molecule has 150 valence electrons. The predicted molar refractivity (Wildman–Crippen MR) is 118 cm³/mol. The Morgan fingerprint density at radius 3 is 2.41 bits per heavy atom. The first-order chi connectivity index (χ1) is 14.0. The molecule has 29 heavy (non-hydrogen) atoms. The molecular weight excluding hydrogens is 358 g/mol. The third-order valence-corrected chi connectivity index (χ3v) is 6.18. The van der Waals surface area contributed by atoms with Crippen molar-refractivity contribution < 1.29 is 9.53 Å². The number of carbonyl (C=O) groups is 1. The van der Waals surface area contributed by atoms with Crippen LogP contribution in [0.5, 0.6) is 5.75 Å². The third-order valence-electron chi connectivity index (χ3n) is 6.18. The van der Waals surface area contributed by atoms with Gasteiger partial charge in [0.2, 0.25) is 0 Å². The van der Waals surface area contributed by atoms with Gasteiger partial charge in [-0.25, -0.2) is 0 Å². The van der Waals surface area contributed by atoms with Crippen LogP contribution in [0.4, 0.5) is 0 Å². The molecule has 3 nitrogen and oxygen atoms in total. The monoisotopic (exact) mass is 387 g/mol. The van der Waals surface area contributed by atoms with E-state index in [0.717, 1.165) is 48.1 Å². The van der Waals surface area contributed by atoms with Crippen molar-refractivity contribution in [2.45, 2.75) is 45.1 Å². The van der Waals surface area contributed by atoms with Crippen LogP contribution in [0.25, 0.3) is 5.57 Å². The molecule has 0 saturated heterocycles. The summed E-state index contributed by atoms with van der Waals surface area (Å²) in [4.78, 5) is 14.8. The zero-order chi connectivity index (χ0) is 20.4. The standard InChI is InChI=1S/C26H29NO2/c1-4-27(5-2)25(28)21-11-12-24-22(17-21)23(20-9-7-6-8-10-20)18-26(29-24)15-13-19(3)14-16-26/h6-12,17-18H,3-5,13-16H2,1-2H3. The lowest BCUT2D eigenvalue weighted by Gasteiger charge is -2.40. The molecule has 2 aromatic rings. The van der Waals surface area contributed by atoms with Gasteiger partial charge >= 0.3 is 0 Å². The van der Waals surface area contributed by atoms with Crippen molar-refractivity contribution in [2.24, 2.45) is 0 Å². The molecule has 3 heteroatoms. The molecule has 0 aromatic heterocycles. The molecule has 2 aliphatic rings. The van der Waals surface area contributed by atoms with Gasteiger partial charge < -0.3 is 9.64 Å². The maximum absolute atomic E-state index is 12.9. The van der Waals surface area contributed by atoms with E-state index >= 15 is 0 Å². The molecule has 1 aliphatic heterocycles. The van der Waals surface area contributed by atoms with Crippen molar-refractivity contribution in [3.63, 3.8) is 0 Å². The summed E-state index contributed by atoms with van der Waals surface area (Å²) in [5, 5.41) is 0. The highest BCUT2D eigenvalue weighted by molar-refractivity contribution is 5.97. The predicted octanol–water partition coefficient (Wildman–Crippen LogP) is 5.86. The van der Waals surface area contributed by atoms with Gasteiger partial charge in [-0.05, 0) is 74.9 Å². The molecule has 1 fully saturated rings. The van der Waals surface area contributed by atoms with Crippen LogP contribution < -0.4 is 4.74 Å². The lowest BCUT2D eigenvalue weighted by Crippen LogP contribution is -2.39. The highest BCUT2D eigenvalue weighted by Crippen LogP contribution is 2.45. The number of rotatable bonds is 4. The Kier molecular flexibility index (Phi) is 5.31. The van der Waals surface area contributed by atoms with Crippen LogP contribution in [0.3, 0.4) is 0 Å². The van der Waals surface area contributed by atoms with E-state index in [1.165, 1.54) is 5.57 Å². The van der Waals surface area contributed by atoms with E-state index < -0.39 is 0 Å². The number of ether oxygens (including phenoxy) is 1. The summed E-state index contributed by atoms with van der Waals surface area (Å²) in [6.45, 7) is 9.60. The maximum Gasteiger partial charge on any atom is 0.253 e. The van der Waals surface area contributed by atoms with E-state index in [0.29, 0.717) is 18.7 Å². The molecule has 0 N–H and O–H groups in total. The van der Waals surface area contributed by atoms with Crippen LogP contribution in [0.1, 0.15) is 61.0 Å². The van der Waals surface area contributed by atoms with E-state index in [2.05, 4.69) is 36.9 Å². The van der Waals surface area contributed by atoms with Gasteiger partial charge in [0.05, 0.1) is 0 Å². The van der Waals surface area contributed by atoms with E-state index in [-0.39, 0.29) is 11.5 Å². The fraction of sp³-hybridized carbons (Fsp3) is 0.346. The van der Waals surface area contributed by atoms with Gasteiger partial charge in [0.1, 0.15) is 11.4 Å². The summed E-state index contributed by atoms with van der Waals surface area (Å²) in [5.41, 5.74) is 5.06. The van der Waals surface area contributed by atoms with E-state index in [1.807, 2.05) is 43.0 Å². The maximum atomic E-state index is 12.9. The second kappa shape index (κ2) is 7.90. The topological polar surface area (TPSA) is 29.5 Å². The Bertz CT molecular complexity index is 944. The van der Waals surface area contributed by atoms with Crippen molar-refractivity contribution in [1.29, 1.82) is 0 Å². The number of benzene rings is 2. The van der Waals surface area contributed by atoms with Crippen molar-refractivity contribution in [2.75, 3.05) is 13.1 Å². The summed E-state index contributed by atoms with van der Waals surface area (Å²) in [6.07, 6.45) is 6.17. The number of hydrogen-bond donors (Lipinski definition) is 0. The zero-order valence-electron chi connectivity index (χ0n) is 17.4. The summed E-state index contributed by atoms with van der Waals surface area (Å²) in [7, 11) is 0. The number of carbonyl (C=O) groups excluding carboxylic acids is 1. The minimum atomic E-state index is -0.288. The molecular formula is C26H29NO2. The number of nitrogens with zero attached hydrogens (tertiary/aromatic N) is 1. The molecule has 1 heterocycles. The highest BCUT2D eigenvalue weighted by Gasteiger charge is 2.38. The Balaban J connectivity index is 1.80. The number of fused-ring (bicyclic) bond motifs is 1. The highest BCUT2D eigenvalue weighted by atomic mass is 16.5. The summed E-state index contributed by atoms with van der Waals surface area (Å²) >= 11 is 0. The minimum absolute atomic E-state index is 0.0689. The second-order valence-electron chi connectivity index (χ2n) is 8.03. The van der Waals surface area contributed by atoms with E-state index in [4.69, 9.17) is 4.74 Å². The fourth-order valence-electron chi connectivity index (χ4n) is 4.37. The number of allylic oxidation sites excluding steroid dienone is 1. The molecule has 0 atom stereocenters. The minimum Gasteiger partial charge on any atom is -0.483 e. The Morgan fingerprint density at radius 1 is 1.07 bits per heavy atom. The van der Waals surface area contributed by atoms with Crippen LogP contribution in [-0.4, -0.2) is 29.5 Å². The van der Waals surface area contributed by atoms with Crippen LogP contribution in [0.15, 0.2) is 66.8 Å². The van der Waals surface area contributed by atoms with Crippen LogP contribution >= 0.6 is 0 Å². The molecule has 1 spiro atoms. The van der Waals surface area contributed by atoms with Gasteiger partial charge in [0.25, 0.3) is 5.91 Å². The zero-order valence-corrected chi connectivity index (χ0v) is 17.4. The molecule has 4 rings (SSSR count). The van der Waals surface area contributed by atoms with Gasteiger partial charge in [-0.3, -0.25) is 4.79 Å². The van der Waals surface area contributed by atoms with Crippen molar-refractivity contribution >= 4 is 11.5 Å². The van der Waals surface area contributed by atoms with Crippen molar-refractivity contribution in [3.05, 3.63) is 83.4 Å². The van der Waals surface area contributed by atoms with Crippen molar-refractivity contribution in [3.8, 4) is 5.75 Å². The fourth-order valence-corrected chi connectivity index (χ4v) is 4.37. The molecule has 1 aliphatic carbocycles. The molecule has 1 amide bonds. The molecule has 0 radical (unpaired) electrons. The van der Waals surface area contributed by atoms with Crippen molar-refractivity contribution in [1.82, 2.24) is 4.90 Å². The third kappa shape index (κ3) is 3.74. The molecule has 2 aromatic carbocycles. The average molecular weight is 388 g/mol. The van der Waals surface area contributed by atoms with Gasteiger partial charge in [0, 0.05) is 24.2 Å². The summed E-state index contributed by atoms with van der Waals surface area (Å²) in [6, 6.07) is 16.3. The first-order valence-electron chi connectivity index (χ1n) is 10.6. The SMILES string of the molecule is C=C1CCC2(C=C(c3ccccc3)c3cc(C(=O)N(CC)CC)ccc3O2)CC1. The number of hydrogen-bond acceptors (Lipinski definition) is 2. The van der Waals surface area contributed by atoms with Crippen LogP contribution in [0, 0.1) is 0 Å². The summed E-state index contributed by atoms with van der Waals surface area (Å²) < 4.78 is 6.57. The Morgan fingerprint density at radius 2 is 1.76 bits per heavy atom. The van der Waals surface area contributed by atoms with Crippen LogP contribution in [0.2, 0.25) is 0 Å². The van der Waals surface area contributed by atoms with E-state index in [1.54, 1.807) is 0 Å². The van der Waals surface area contributed by atoms with Gasteiger partial charge in [0.15, 0.2) is 0 Å². The first-order valence-corrected chi connectivity index (χ1v) is 10.6. The molecule has 0 unspecified atom stereocenters. The molecule has 0 bridgehead atoms. The molecule has 1 saturated carbocycles. The number of amides is 1. The van der Waals surface area contributed by atoms with Gasteiger partial charge in [-0.15, -0.1) is 0 Å². The first kappa shape index (κ1) is 19.5. The van der Waals surface area contributed by atoms with Crippen LogP contribution in [-0.2, 0) is 0 Å². The van der Waals surface area contributed by atoms with E-state index in [9.17, 15) is 4.79 Å². The average Bonchev–Trinajstić information content (AvgIpc) is 2.76. The second-order valence-corrected chi connectivity index (χ2v) is 8.03. The normalized spacial score (nSPS) is 17.3. The largest absolute Gasteiger partial charge is 0.483 e. The van der Waals surface area contributed by atoms with Gasteiger partial charge in [-0.2, -0.15) is 0 Å². The Hall–Kier alpha value is -2.81. The lowest BCUT2D eigenvalue weighted by molar-refractivity contribution is 0.0771. The summed E-state index contributed by atoms with van der Waals surface area (Å²) in [5.74, 6) is 0.939. The quantitative estimate of drug-likeness (QED) is 0.615. The van der Waals surface area contributed by atoms with Gasteiger partial charge in [-0.1, -0.05) is 42.5 Å². The smallest absolute Gasteiger partial charge is 0.253 e.